The lowest BCUT2D eigenvalue weighted by Crippen LogP contribution is -2.11. The molecule has 1 unspecified atom stereocenters. The summed E-state index contributed by atoms with van der Waals surface area (Å²) in [6.07, 6.45) is 1.72. The van der Waals surface area contributed by atoms with Gasteiger partial charge in [0.05, 0.1) is 17.3 Å². The number of thiazole rings is 1. The smallest absolute Gasteiger partial charge is 0.337 e. The first-order valence-corrected chi connectivity index (χ1v) is 6.24. The van der Waals surface area contributed by atoms with Gasteiger partial charge in [-0.3, -0.25) is 0 Å². The monoisotopic (exact) mass is 263 g/mol. The van der Waals surface area contributed by atoms with Crippen LogP contribution in [0.4, 0.5) is 11.4 Å². The van der Waals surface area contributed by atoms with Crippen LogP contribution in [0.25, 0.3) is 0 Å². The highest BCUT2D eigenvalue weighted by atomic mass is 32.1. The van der Waals surface area contributed by atoms with Gasteiger partial charge in [-0.1, -0.05) is 0 Å². The van der Waals surface area contributed by atoms with E-state index < -0.39 is 5.97 Å². The molecule has 18 heavy (non-hydrogen) atoms. The second-order valence-electron chi connectivity index (χ2n) is 3.85. The number of aromatic carboxylic acids is 1. The van der Waals surface area contributed by atoms with Gasteiger partial charge in [0, 0.05) is 17.3 Å². The molecule has 0 bridgehead atoms. The minimum atomic E-state index is -0.983. The van der Waals surface area contributed by atoms with Crippen LogP contribution in [0.1, 0.15) is 28.3 Å². The number of benzene rings is 1. The van der Waals surface area contributed by atoms with Gasteiger partial charge in [-0.15, -0.1) is 11.3 Å². The zero-order valence-corrected chi connectivity index (χ0v) is 10.6. The van der Waals surface area contributed by atoms with Crippen molar-refractivity contribution in [1.29, 1.82) is 0 Å². The minimum absolute atomic E-state index is 0.0649. The van der Waals surface area contributed by atoms with Crippen LogP contribution in [0.5, 0.6) is 0 Å². The first kappa shape index (κ1) is 12.4. The molecule has 0 spiro atoms. The maximum absolute atomic E-state index is 11.1. The third-order valence-electron chi connectivity index (χ3n) is 2.47. The maximum atomic E-state index is 11.1. The zero-order valence-electron chi connectivity index (χ0n) is 9.75. The maximum Gasteiger partial charge on any atom is 0.337 e. The van der Waals surface area contributed by atoms with Crippen LogP contribution in [0.15, 0.2) is 29.8 Å². The molecule has 0 aliphatic carbocycles. The summed E-state index contributed by atoms with van der Waals surface area (Å²) < 4.78 is 0. The summed E-state index contributed by atoms with van der Waals surface area (Å²) >= 11 is 1.52. The number of nitrogens with zero attached hydrogens (tertiary/aromatic N) is 1. The molecule has 0 aliphatic rings. The Bertz CT molecular complexity index is 554. The van der Waals surface area contributed by atoms with Crippen molar-refractivity contribution in [1.82, 2.24) is 4.98 Å². The number of nitrogen functional groups attached to an aromatic ring is 1. The van der Waals surface area contributed by atoms with Gasteiger partial charge in [-0.2, -0.15) is 0 Å². The van der Waals surface area contributed by atoms with E-state index in [1.54, 1.807) is 18.3 Å². The fraction of sp³-hybridized carbons (Fsp3) is 0.167. The van der Waals surface area contributed by atoms with Crippen LogP contribution in [-0.4, -0.2) is 16.1 Å². The largest absolute Gasteiger partial charge is 0.478 e. The topological polar surface area (TPSA) is 88.2 Å². The summed E-state index contributed by atoms with van der Waals surface area (Å²) in [5, 5.41) is 15.0. The lowest BCUT2D eigenvalue weighted by Gasteiger charge is -2.15. The molecule has 2 rings (SSSR count). The Kier molecular flexibility index (Phi) is 3.47. The molecule has 1 atom stereocenters. The van der Waals surface area contributed by atoms with E-state index in [2.05, 4.69) is 10.3 Å². The third-order valence-corrected chi connectivity index (χ3v) is 3.43. The second kappa shape index (κ2) is 5.05. The van der Waals surface area contributed by atoms with Crippen LogP contribution in [0.3, 0.4) is 0 Å². The lowest BCUT2D eigenvalue weighted by atomic mass is 10.1. The van der Waals surface area contributed by atoms with Gasteiger partial charge < -0.3 is 16.2 Å². The Labute approximate surface area is 108 Å². The first-order chi connectivity index (χ1) is 8.58. The van der Waals surface area contributed by atoms with Crippen LogP contribution >= 0.6 is 11.3 Å². The Morgan fingerprint density at radius 3 is 2.94 bits per heavy atom. The summed E-state index contributed by atoms with van der Waals surface area (Å²) in [6.45, 7) is 1.92. The first-order valence-electron chi connectivity index (χ1n) is 5.36. The number of anilines is 2. The van der Waals surface area contributed by atoms with E-state index in [0.717, 1.165) is 5.01 Å². The zero-order chi connectivity index (χ0) is 13.1. The highest BCUT2D eigenvalue weighted by Crippen LogP contribution is 2.25. The molecule has 1 aromatic heterocycles. The van der Waals surface area contributed by atoms with Gasteiger partial charge in [0.15, 0.2) is 0 Å². The molecular formula is C12H13N3O2S. The van der Waals surface area contributed by atoms with Crippen molar-refractivity contribution >= 4 is 28.7 Å². The number of hydrogen-bond donors (Lipinski definition) is 3. The lowest BCUT2D eigenvalue weighted by molar-refractivity contribution is 0.0698. The minimum Gasteiger partial charge on any atom is -0.478 e. The summed E-state index contributed by atoms with van der Waals surface area (Å²) in [4.78, 5) is 15.3. The van der Waals surface area contributed by atoms with E-state index in [1.807, 2.05) is 12.3 Å². The predicted molar refractivity (Wildman–Crippen MR) is 72.0 cm³/mol. The Morgan fingerprint density at radius 1 is 1.56 bits per heavy atom. The molecule has 5 nitrogen and oxygen atoms in total. The molecular weight excluding hydrogens is 250 g/mol. The summed E-state index contributed by atoms with van der Waals surface area (Å²) in [7, 11) is 0. The van der Waals surface area contributed by atoms with E-state index >= 15 is 0 Å². The molecule has 0 amide bonds. The molecule has 6 heteroatoms. The van der Waals surface area contributed by atoms with Crippen molar-refractivity contribution in [2.75, 3.05) is 11.1 Å². The van der Waals surface area contributed by atoms with Crippen LogP contribution < -0.4 is 11.1 Å². The van der Waals surface area contributed by atoms with Crippen molar-refractivity contribution < 1.29 is 9.90 Å². The van der Waals surface area contributed by atoms with Gasteiger partial charge in [0.25, 0.3) is 0 Å². The molecule has 94 valence electrons. The Morgan fingerprint density at radius 2 is 2.33 bits per heavy atom. The van der Waals surface area contributed by atoms with Crippen molar-refractivity contribution in [3.63, 3.8) is 0 Å². The van der Waals surface area contributed by atoms with Crippen molar-refractivity contribution in [3.05, 3.63) is 40.3 Å². The molecule has 0 fully saturated rings. The normalized spacial score (nSPS) is 12.1. The highest BCUT2D eigenvalue weighted by Gasteiger charge is 2.14. The van der Waals surface area contributed by atoms with Gasteiger partial charge in [0.2, 0.25) is 0 Å². The standard InChI is InChI=1S/C12H13N3O2S/c1-7(11-14-4-5-18-11)15-10-6-8(13)2-3-9(10)12(16)17/h2-7,15H,13H2,1H3,(H,16,17). The fourth-order valence-electron chi connectivity index (χ4n) is 1.61. The molecule has 0 saturated carbocycles. The molecule has 2 aromatic rings. The second-order valence-corrected chi connectivity index (χ2v) is 4.77. The number of nitrogens with two attached hydrogens (primary N) is 1. The molecule has 1 aromatic carbocycles. The number of carboxylic acids is 1. The summed E-state index contributed by atoms with van der Waals surface area (Å²) in [6, 6.07) is 4.62. The Balaban J connectivity index is 2.28. The van der Waals surface area contributed by atoms with Crippen LogP contribution in [0.2, 0.25) is 0 Å². The van der Waals surface area contributed by atoms with Crippen molar-refractivity contribution in [3.8, 4) is 0 Å². The number of carboxylic acid groups (broad SMARTS) is 1. The number of nitrogens with one attached hydrogen (secondary N) is 1. The molecule has 1 heterocycles. The van der Waals surface area contributed by atoms with Gasteiger partial charge in [0.1, 0.15) is 5.01 Å². The Hall–Kier alpha value is -2.08. The van der Waals surface area contributed by atoms with E-state index in [4.69, 9.17) is 10.8 Å². The number of hydrogen-bond acceptors (Lipinski definition) is 5. The van der Waals surface area contributed by atoms with Crippen LogP contribution in [0, 0.1) is 0 Å². The van der Waals surface area contributed by atoms with Crippen molar-refractivity contribution in [2.24, 2.45) is 0 Å². The van der Waals surface area contributed by atoms with Gasteiger partial charge in [-0.25, -0.2) is 9.78 Å². The molecule has 0 radical (unpaired) electrons. The van der Waals surface area contributed by atoms with Crippen molar-refractivity contribution in [2.45, 2.75) is 13.0 Å². The predicted octanol–water partition coefficient (Wildman–Crippen LogP) is 2.60. The fourth-order valence-corrected chi connectivity index (χ4v) is 2.26. The summed E-state index contributed by atoms with van der Waals surface area (Å²) in [5.41, 5.74) is 6.90. The highest BCUT2D eigenvalue weighted by molar-refractivity contribution is 7.09. The molecule has 0 aliphatic heterocycles. The number of rotatable bonds is 4. The average molecular weight is 263 g/mol. The van der Waals surface area contributed by atoms with E-state index in [-0.39, 0.29) is 11.6 Å². The number of aromatic nitrogens is 1. The summed E-state index contributed by atoms with van der Waals surface area (Å²) in [5.74, 6) is -0.983. The SMILES string of the molecule is CC(Nc1cc(N)ccc1C(=O)O)c1nccs1. The molecule has 4 N–H and O–H groups in total. The number of carbonyl (C=O) groups is 1. The van der Waals surface area contributed by atoms with E-state index in [9.17, 15) is 4.79 Å². The van der Waals surface area contributed by atoms with E-state index in [0.29, 0.717) is 11.4 Å². The average Bonchev–Trinajstić information content (AvgIpc) is 2.81. The molecule has 0 saturated heterocycles. The van der Waals surface area contributed by atoms with Gasteiger partial charge in [-0.05, 0) is 25.1 Å². The van der Waals surface area contributed by atoms with Crippen LogP contribution in [-0.2, 0) is 0 Å². The third kappa shape index (κ3) is 2.60. The van der Waals surface area contributed by atoms with E-state index in [1.165, 1.54) is 17.4 Å². The quantitative estimate of drug-likeness (QED) is 0.738. The van der Waals surface area contributed by atoms with Gasteiger partial charge >= 0.3 is 5.97 Å².